The van der Waals surface area contributed by atoms with Crippen LogP contribution in [0.4, 0.5) is 4.79 Å². The number of Topliss-reactive ketones (excluding diaryl/α,β-unsaturated/α-hetero) is 1. The molecule has 0 aromatic heterocycles. The molecule has 1 saturated carbocycles. The molecule has 3 atom stereocenters. The number of ether oxygens (including phenoxy) is 1. The highest BCUT2D eigenvalue weighted by atomic mass is 16.6. The van der Waals surface area contributed by atoms with Crippen molar-refractivity contribution in [2.75, 3.05) is 6.54 Å². The lowest BCUT2D eigenvalue weighted by Crippen LogP contribution is -2.41. The number of nitrogens with zero attached hydrogens (tertiary/aromatic N) is 1. The molecule has 1 heterocycles. The number of rotatable bonds is 2. The Balaban J connectivity index is 1.96. The molecule has 0 aromatic rings. The van der Waals surface area contributed by atoms with E-state index in [0.717, 1.165) is 25.8 Å². The average molecular weight is 253 g/mol. The maximum Gasteiger partial charge on any atom is 0.410 e. The van der Waals surface area contributed by atoms with Gasteiger partial charge in [0.15, 0.2) is 0 Å². The molecule has 2 rings (SSSR count). The van der Waals surface area contributed by atoms with Gasteiger partial charge in [-0.25, -0.2) is 4.79 Å². The van der Waals surface area contributed by atoms with Crippen molar-refractivity contribution in [2.24, 2.45) is 11.8 Å². The van der Waals surface area contributed by atoms with Crippen molar-refractivity contribution >= 4 is 11.9 Å². The summed E-state index contributed by atoms with van der Waals surface area (Å²) in [5.41, 5.74) is -0.451. The van der Waals surface area contributed by atoms with Gasteiger partial charge in [0.05, 0.1) is 0 Å². The van der Waals surface area contributed by atoms with Gasteiger partial charge < -0.3 is 9.64 Å². The van der Waals surface area contributed by atoms with Crippen LogP contribution in [0.3, 0.4) is 0 Å². The second-order valence-electron chi connectivity index (χ2n) is 6.50. The lowest BCUT2D eigenvalue weighted by atomic mass is 10.1. The van der Waals surface area contributed by atoms with Crippen molar-refractivity contribution in [3.8, 4) is 0 Å². The van der Waals surface area contributed by atoms with Crippen LogP contribution in [0.5, 0.6) is 0 Å². The zero-order chi connectivity index (χ0) is 13.5. The van der Waals surface area contributed by atoms with Gasteiger partial charge in [0, 0.05) is 18.5 Å². The zero-order valence-corrected chi connectivity index (χ0v) is 11.7. The summed E-state index contributed by atoms with van der Waals surface area (Å²) in [4.78, 5) is 25.3. The van der Waals surface area contributed by atoms with E-state index < -0.39 is 5.60 Å². The Morgan fingerprint density at radius 3 is 2.44 bits per heavy atom. The summed E-state index contributed by atoms with van der Waals surface area (Å²) in [6.07, 6.45) is 2.75. The number of hydrogen-bond acceptors (Lipinski definition) is 3. The molecule has 4 heteroatoms. The summed E-state index contributed by atoms with van der Waals surface area (Å²) in [5.74, 6) is 0.812. The van der Waals surface area contributed by atoms with Crippen LogP contribution in [0.1, 0.15) is 47.0 Å². The second kappa shape index (κ2) is 4.56. The van der Waals surface area contributed by atoms with Gasteiger partial charge in [0.25, 0.3) is 0 Å². The minimum atomic E-state index is -0.451. The lowest BCUT2D eigenvalue weighted by molar-refractivity contribution is -0.118. The van der Waals surface area contributed by atoms with Gasteiger partial charge in [-0.2, -0.15) is 0 Å². The Morgan fingerprint density at radius 1 is 1.28 bits per heavy atom. The van der Waals surface area contributed by atoms with E-state index in [2.05, 4.69) is 0 Å². The van der Waals surface area contributed by atoms with Crippen molar-refractivity contribution < 1.29 is 14.3 Å². The van der Waals surface area contributed by atoms with Gasteiger partial charge in [-0.3, -0.25) is 4.79 Å². The van der Waals surface area contributed by atoms with E-state index in [4.69, 9.17) is 4.74 Å². The standard InChI is InChI=1S/C14H23NO3/c1-9(16)10-8-11(10)12-6-5-7-15(12)13(17)18-14(2,3)4/h10-12H,5-8H2,1-4H3. The summed E-state index contributed by atoms with van der Waals surface area (Å²) < 4.78 is 5.43. The maximum absolute atomic E-state index is 12.1. The van der Waals surface area contributed by atoms with E-state index in [1.807, 2.05) is 25.7 Å². The third-order valence-corrected chi connectivity index (χ3v) is 3.78. The van der Waals surface area contributed by atoms with Gasteiger partial charge in [-0.15, -0.1) is 0 Å². The third kappa shape index (κ3) is 2.85. The van der Waals surface area contributed by atoms with Crippen LogP contribution in [0.2, 0.25) is 0 Å². The molecular weight excluding hydrogens is 230 g/mol. The molecule has 3 unspecified atom stereocenters. The number of amides is 1. The SMILES string of the molecule is CC(=O)C1CC1C1CCCN1C(=O)OC(C)(C)C. The van der Waals surface area contributed by atoms with Crippen LogP contribution >= 0.6 is 0 Å². The molecule has 1 saturated heterocycles. The van der Waals surface area contributed by atoms with Crippen LogP contribution in [-0.2, 0) is 9.53 Å². The van der Waals surface area contributed by atoms with Gasteiger partial charge in [-0.05, 0) is 52.9 Å². The average Bonchev–Trinajstić information content (AvgIpc) is 2.86. The number of likely N-dealkylation sites (tertiary alicyclic amines) is 1. The molecule has 1 aliphatic carbocycles. The molecule has 2 aliphatic rings. The Bertz CT molecular complexity index is 359. The summed E-state index contributed by atoms with van der Waals surface area (Å²) in [6.45, 7) is 8.06. The fourth-order valence-electron chi connectivity index (χ4n) is 2.89. The van der Waals surface area contributed by atoms with E-state index in [1.54, 1.807) is 6.92 Å². The van der Waals surface area contributed by atoms with Gasteiger partial charge in [0.1, 0.15) is 11.4 Å². The molecule has 18 heavy (non-hydrogen) atoms. The number of carbonyl (C=O) groups is 2. The monoisotopic (exact) mass is 253 g/mol. The molecule has 0 spiro atoms. The van der Waals surface area contributed by atoms with E-state index in [1.165, 1.54) is 0 Å². The van der Waals surface area contributed by atoms with E-state index in [-0.39, 0.29) is 23.8 Å². The highest BCUT2D eigenvalue weighted by molar-refractivity contribution is 5.81. The van der Waals surface area contributed by atoms with Crippen LogP contribution in [-0.4, -0.2) is 35.0 Å². The first-order valence-corrected chi connectivity index (χ1v) is 6.79. The second-order valence-corrected chi connectivity index (χ2v) is 6.50. The fraction of sp³-hybridized carbons (Fsp3) is 0.857. The molecule has 0 radical (unpaired) electrons. The highest BCUT2D eigenvalue weighted by Crippen LogP contribution is 2.46. The Morgan fingerprint density at radius 2 is 1.94 bits per heavy atom. The summed E-state index contributed by atoms with van der Waals surface area (Å²) in [7, 11) is 0. The molecule has 4 nitrogen and oxygen atoms in total. The van der Waals surface area contributed by atoms with Gasteiger partial charge >= 0.3 is 6.09 Å². The van der Waals surface area contributed by atoms with Gasteiger partial charge in [-0.1, -0.05) is 0 Å². The van der Waals surface area contributed by atoms with Crippen molar-refractivity contribution in [3.05, 3.63) is 0 Å². The molecular formula is C14H23NO3. The summed E-state index contributed by atoms with van der Waals surface area (Å²) in [5, 5.41) is 0. The topological polar surface area (TPSA) is 46.6 Å². The fourth-order valence-corrected chi connectivity index (χ4v) is 2.89. The van der Waals surface area contributed by atoms with Crippen molar-refractivity contribution in [3.63, 3.8) is 0 Å². The number of ketones is 1. The summed E-state index contributed by atoms with van der Waals surface area (Å²) in [6, 6.07) is 0.216. The molecule has 1 amide bonds. The third-order valence-electron chi connectivity index (χ3n) is 3.78. The van der Waals surface area contributed by atoms with E-state index in [9.17, 15) is 9.59 Å². The molecule has 102 valence electrons. The molecule has 0 aromatic carbocycles. The normalized spacial score (nSPS) is 31.3. The predicted molar refractivity (Wildman–Crippen MR) is 68.2 cm³/mol. The summed E-state index contributed by atoms with van der Waals surface area (Å²) >= 11 is 0. The first-order valence-electron chi connectivity index (χ1n) is 6.79. The van der Waals surface area contributed by atoms with Crippen LogP contribution in [0.25, 0.3) is 0 Å². The molecule has 1 aliphatic heterocycles. The highest BCUT2D eigenvalue weighted by Gasteiger charge is 2.50. The van der Waals surface area contributed by atoms with E-state index in [0.29, 0.717) is 5.92 Å². The minimum absolute atomic E-state index is 0.179. The molecule has 0 bridgehead atoms. The maximum atomic E-state index is 12.1. The smallest absolute Gasteiger partial charge is 0.410 e. The molecule has 0 N–H and O–H groups in total. The Labute approximate surface area is 109 Å². The zero-order valence-electron chi connectivity index (χ0n) is 11.7. The molecule has 2 fully saturated rings. The van der Waals surface area contributed by atoms with Crippen LogP contribution < -0.4 is 0 Å². The van der Waals surface area contributed by atoms with Crippen LogP contribution in [0, 0.1) is 11.8 Å². The van der Waals surface area contributed by atoms with Crippen molar-refractivity contribution in [1.29, 1.82) is 0 Å². The first kappa shape index (κ1) is 13.4. The number of carbonyl (C=O) groups excluding carboxylic acids is 2. The van der Waals surface area contributed by atoms with E-state index >= 15 is 0 Å². The lowest BCUT2D eigenvalue weighted by Gasteiger charge is -2.28. The number of hydrogen-bond donors (Lipinski definition) is 0. The Kier molecular flexibility index (Phi) is 3.39. The predicted octanol–water partition coefficient (Wildman–Crippen LogP) is 2.61. The first-order chi connectivity index (χ1) is 8.29. The van der Waals surface area contributed by atoms with Crippen LogP contribution in [0.15, 0.2) is 0 Å². The van der Waals surface area contributed by atoms with Gasteiger partial charge in [0.2, 0.25) is 0 Å². The van der Waals surface area contributed by atoms with Crippen molar-refractivity contribution in [2.45, 2.75) is 58.6 Å². The quantitative estimate of drug-likeness (QED) is 0.760. The minimum Gasteiger partial charge on any atom is -0.444 e. The Hall–Kier alpha value is -1.06. The largest absolute Gasteiger partial charge is 0.444 e. The van der Waals surface area contributed by atoms with Crippen molar-refractivity contribution in [1.82, 2.24) is 4.90 Å².